The molecule has 0 saturated heterocycles. The average Bonchev–Trinajstić information content (AvgIpc) is 2.60. The lowest BCUT2D eigenvalue weighted by molar-refractivity contribution is 0.876. The van der Waals surface area contributed by atoms with Crippen LogP contribution in [0.25, 0.3) is 32.7 Å². The maximum Gasteiger partial charge on any atom is -0.00991 e. The third kappa shape index (κ3) is 2.31. The molecule has 4 aromatic carbocycles. The van der Waals surface area contributed by atoms with Crippen LogP contribution in [0, 0.1) is 0 Å². The number of hydrogen-bond donors (Lipinski definition) is 0. The van der Waals surface area contributed by atoms with Gasteiger partial charge in [0.1, 0.15) is 0 Å². The molecule has 0 fully saturated rings. The first-order chi connectivity index (χ1) is 11.3. The van der Waals surface area contributed by atoms with Gasteiger partial charge in [0.25, 0.3) is 0 Å². The first-order valence-electron chi connectivity index (χ1n) is 8.25. The summed E-state index contributed by atoms with van der Waals surface area (Å²) in [6.45, 7) is 4.53. The van der Waals surface area contributed by atoms with Crippen molar-refractivity contribution in [1.29, 1.82) is 0 Å². The quantitative estimate of drug-likeness (QED) is 0.382. The summed E-state index contributed by atoms with van der Waals surface area (Å²) < 4.78 is 0. The van der Waals surface area contributed by atoms with Gasteiger partial charge in [0.15, 0.2) is 0 Å². The Morgan fingerprint density at radius 1 is 0.522 bits per heavy atom. The van der Waals surface area contributed by atoms with Crippen molar-refractivity contribution in [2.24, 2.45) is 0 Å². The van der Waals surface area contributed by atoms with E-state index in [1.807, 2.05) is 0 Å². The zero-order chi connectivity index (χ0) is 15.8. The average molecular weight is 296 g/mol. The maximum absolute atomic E-state index is 2.26. The van der Waals surface area contributed by atoms with Crippen LogP contribution in [-0.2, 0) is 0 Å². The van der Waals surface area contributed by atoms with Crippen molar-refractivity contribution >= 4 is 21.5 Å². The Bertz CT molecular complexity index is 988. The van der Waals surface area contributed by atoms with E-state index in [-0.39, 0.29) is 0 Å². The number of hydrogen-bond acceptors (Lipinski definition) is 0. The minimum absolute atomic E-state index is 0.529. The molecule has 0 saturated carbocycles. The predicted molar refractivity (Wildman–Crippen MR) is 101 cm³/mol. The van der Waals surface area contributed by atoms with E-state index in [0.29, 0.717) is 5.92 Å². The Kier molecular flexibility index (Phi) is 3.38. The van der Waals surface area contributed by atoms with E-state index in [4.69, 9.17) is 0 Å². The van der Waals surface area contributed by atoms with Crippen molar-refractivity contribution in [2.45, 2.75) is 19.8 Å². The zero-order valence-electron chi connectivity index (χ0n) is 13.6. The lowest BCUT2D eigenvalue weighted by Gasteiger charge is -2.14. The Hall–Kier alpha value is -2.60. The summed E-state index contributed by atoms with van der Waals surface area (Å²) in [5.74, 6) is 0.529. The summed E-state index contributed by atoms with van der Waals surface area (Å²) in [5.41, 5.74) is 4.06. The molecule has 0 radical (unpaired) electrons. The summed E-state index contributed by atoms with van der Waals surface area (Å²) >= 11 is 0. The molecule has 0 nitrogen and oxygen atoms in total. The fraction of sp³-hybridized carbons (Fsp3) is 0.130. The predicted octanol–water partition coefficient (Wildman–Crippen LogP) is 6.78. The van der Waals surface area contributed by atoms with Crippen LogP contribution in [0.5, 0.6) is 0 Å². The molecule has 0 aliphatic heterocycles. The molecule has 0 N–H and O–H groups in total. The first-order valence-corrected chi connectivity index (χ1v) is 8.25. The normalized spacial score (nSPS) is 11.4. The minimum atomic E-state index is 0.529. The van der Waals surface area contributed by atoms with Gasteiger partial charge >= 0.3 is 0 Å². The van der Waals surface area contributed by atoms with Gasteiger partial charge in [-0.1, -0.05) is 92.7 Å². The molecule has 0 spiro atoms. The molecule has 0 aliphatic rings. The van der Waals surface area contributed by atoms with E-state index >= 15 is 0 Å². The van der Waals surface area contributed by atoms with Crippen LogP contribution < -0.4 is 0 Å². The summed E-state index contributed by atoms with van der Waals surface area (Å²) in [7, 11) is 0. The van der Waals surface area contributed by atoms with Crippen LogP contribution in [-0.4, -0.2) is 0 Å². The maximum atomic E-state index is 2.26. The Morgan fingerprint density at radius 2 is 1.09 bits per heavy atom. The molecule has 0 aliphatic carbocycles. The molecule has 0 heteroatoms. The summed E-state index contributed by atoms with van der Waals surface area (Å²) in [4.78, 5) is 0. The molecule has 0 unspecified atom stereocenters. The molecule has 0 aromatic heterocycles. The fourth-order valence-corrected chi connectivity index (χ4v) is 3.53. The number of rotatable bonds is 2. The van der Waals surface area contributed by atoms with Gasteiger partial charge in [-0.2, -0.15) is 0 Å². The van der Waals surface area contributed by atoms with E-state index < -0.39 is 0 Å². The molecule has 23 heavy (non-hydrogen) atoms. The second-order valence-electron chi connectivity index (χ2n) is 6.43. The second-order valence-corrected chi connectivity index (χ2v) is 6.43. The van der Waals surface area contributed by atoms with Crippen molar-refractivity contribution in [1.82, 2.24) is 0 Å². The summed E-state index contributed by atoms with van der Waals surface area (Å²) in [6, 6.07) is 28.6. The molecular weight excluding hydrogens is 276 g/mol. The van der Waals surface area contributed by atoms with Crippen LogP contribution in [0.3, 0.4) is 0 Å². The van der Waals surface area contributed by atoms with Gasteiger partial charge in [0.05, 0.1) is 0 Å². The molecule has 0 heterocycles. The summed E-state index contributed by atoms with van der Waals surface area (Å²) in [6.07, 6.45) is 0. The molecule has 4 rings (SSSR count). The Morgan fingerprint density at radius 3 is 1.91 bits per heavy atom. The fourth-order valence-electron chi connectivity index (χ4n) is 3.53. The van der Waals surface area contributed by atoms with Gasteiger partial charge in [-0.25, -0.2) is 0 Å². The zero-order valence-corrected chi connectivity index (χ0v) is 13.6. The SMILES string of the molecule is CC(C)c1cccc2c(-c3cccc4ccccc34)cccc12. The molecule has 4 aromatic rings. The van der Waals surface area contributed by atoms with Crippen molar-refractivity contribution in [3.05, 3.63) is 84.4 Å². The number of fused-ring (bicyclic) bond motifs is 2. The van der Waals surface area contributed by atoms with Gasteiger partial charge in [0.2, 0.25) is 0 Å². The molecule has 0 bridgehead atoms. The minimum Gasteiger partial charge on any atom is -0.0616 e. The third-order valence-electron chi connectivity index (χ3n) is 4.66. The highest BCUT2D eigenvalue weighted by Gasteiger charge is 2.10. The monoisotopic (exact) mass is 296 g/mol. The van der Waals surface area contributed by atoms with Crippen molar-refractivity contribution in [3.63, 3.8) is 0 Å². The van der Waals surface area contributed by atoms with E-state index in [0.717, 1.165) is 0 Å². The summed E-state index contributed by atoms with van der Waals surface area (Å²) in [5, 5.41) is 5.32. The smallest absolute Gasteiger partial charge is 0.00991 e. The lowest BCUT2D eigenvalue weighted by atomic mass is 9.90. The van der Waals surface area contributed by atoms with Crippen LogP contribution in [0.4, 0.5) is 0 Å². The molecular formula is C23H20. The van der Waals surface area contributed by atoms with E-state index in [1.54, 1.807) is 0 Å². The van der Waals surface area contributed by atoms with E-state index in [9.17, 15) is 0 Å². The second kappa shape index (κ2) is 5.55. The largest absolute Gasteiger partial charge is 0.0616 e. The van der Waals surface area contributed by atoms with Crippen LogP contribution >= 0.6 is 0 Å². The number of benzene rings is 4. The lowest BCUT2D eigenvalue weighted by Crippen LogP contribution is -1.91. The van der Waals surface area contributed by atoms with Crippen molar-refractivity contribution in [2.75, 3.05) is 0 Å². The van der Waals surface area contributed by atoms with Gasteiger partial charge < -0.3 is 0 Å². The molecule has 0 atom stereocenters. The topological polar surface area (TPSA) is 0 Å². The van der Waals surface area contributed by atoms with E-state index in [2.05, 4.69) is 92.7 Å². The Balaban J connectivity index is 2.08. The molecule has 0 amide bonds. The van der Waals surface area contributed by atoms with Gasteiger partial charge in [-0.15, -0.1) is 0 Å². The third-order valence-corrected chi connectivity index (χ3v) is 4.66. The van der Waals surface area contributed by atoms with Gasteiger partial charge in [-0.05, 0) is 44.2 Å². The van der Waals surface area contributed by atoms with Crippen molar-refractivity contribution < 1.29 is 0 Å². The highest BCUT2D eigenvalue weighted by atomic mass is 14.1. The highest BCUT2D eigenvalue weighted by molar-refractivity contribution is 6.06. The van der Waals surface area contributed by atoms with Crippen LogP contribution in [0.1, 0.15) is 25.3 Å². The highest BCUT2D eigenvalue weighted by Crippen LogP contribution is 2.36. The van der Waals surface area contributed by atoms with Crippen LogP contribution in [0.2, 0.25) is 0 Å². The van der Waals surface area contributed by atoms with Crippen molar-refractivity contribution in [3.8, 4) is 11.1 Å². The molecule has 112 valence electrons. The van der Waals surface area contributed by atoms with Crippen LogP contribution in [0.15, 0.2) is 78.9 Å². The Labute approximate surface area is 137 Å². The van der Waals surface area contributed by atoms with Gasteiger partial charge in [-0.3, -0.25) is 0 Å². The van der Waals surface area contributed by atoms with E-state index in [1.165, 1.54) is 38.2 Å². The standard InChI is InChI=1S/C23H20/c1-16(2)18-11-6-14-22-20(18)13-7-15-23(22)21-12-5-9-17-8-3-4-10-19(17)21/h3-16H,1-2H3. The van der Waals surface area contributed by atoms with Gasteiger partial charge in [0, 0.05) is 0 Å². The first kappa shape index (κ1) is 14.0.